The Labute approximate surface area is 162 Å². The number of benzene rings is 1. The molecule has 0 fully saturated rings. The smallest absolute Gasteiger partial charge is 0.338 e. The molecule has 0 radical (unpaired) electrons. The normalized spacial score (nSPS) is 17.1. The largest absolute Gasteiger partial charge is 0.459 e. The SMILES string of the molecule is CC1=C(C(=O)OC(C)C)[C@H](c2ccc(-c3ccc(Cl)cc3)o2)NC(=S)N1. The monoisotopic (exact) mass is 390 g/mol. The molecule has 136 valence electrons. The number of hydrogen-bond acceptors (Lipinski definition) is 4. The molecule has 0 aliphatic carbocycles. The minimum Gasteiger partial charge on any atom is -0.459 e. The molecule has 1 aromatic heterocycles. The third-order valence-corrected chi connectivity index (χ3v) is 4.34. The van der Waals surface area contributed by atoms with Crippen molar-refractivity contribution in [3.05, 3.63) is 58.5 Å². The summed E-state index contributed by atoms with van der Waals surface area (Å²) >= 11 is 11.2. The van der Waals surface area contributed by atoms with Crippen molar-refractivity contribution in [1.82, 2.24) is 10.6 Å². The molecule has 7 heteroatoms. The van der Waals surface area contributed by atoms with Crippen molar-refractivity contribution in [2.45, 2.75) is 32.9 Å². The second-order valence-electron chi connectivity index (χ2n) is 6.23. The van der Waals surface area contributed by atoms with Gasteiger partial charge in [-0.15, -0.1) is 0 Å². The van der Waals surface area contributed by atoms with Crippen LogP contribution in [0.25, 0.3) is 11.3 Å². The van der Waals surface area contributed by atoms with Gasteiger partial charge in [-0.25, -0.2) is 4.79 Å². The third kappa shape index (κ3) is 3.92. The Balaban J connectivity index is 1.95. The summed E-state index contributed by atoms with van der Waals surface area (Å²) < 4.78 is 11.4. The first-order valence-corrected chi connectivity index (χ1v) is 8.98. The fraction of sp³-hybridized carbons (Fsp3) is 0.263. The highest BCUT2D eigenvalue weighted by Gasteiger charge is 2.33. The van der Waals surface area contributed by atoms with Crippen LogP contribution in [0.5, 0.6) is 0 Å². The van der Waals surface area contributed by atoms with E-state index in [1.807, 2.05) is 38.1 Å². The number of carbonyl (C=O) groups excluding carboxylic acids is 1. The van der Waals surface area contributed by atoms with E-state index in [9.17, 15) is 4.79 Å². The molecule has 1 aliphatic heterocycles. The molecule has 1 atom stereocenters. The molecule has 3 rings (SSSR count). The van der Waals surface area contributed by atoms with Gasteiger partial charge in [-0.1, -0.05) is 11.6 Å². The van der Waals surface area contributed by atoms with E-state index in [-0.39, 0.29) is 6.10 Å². The number of esters is 1. The van der Waals surface area contributed by atoms with Crippen molar-refractivity contribution >= 4 is 34.9 Å². The summed E-state index contributed by atoms with van der Waals surface area (Å²) in [5.74, 6) is 0.848. The highest BCUT2D eigenvalue weighted by atomic mass is 35.5. The van der Waals surface area contributed by atoms with Crippen LogP contribution < -0.4 is 10.6 Å². The number of thiocarbonyl (C=S) groups is 1. The Morgan fingerprint density at radius 3 is 2.58 bits per heavy atom. The Morgan fingerprint density at radius 1 is 1.23 bits per heavy atom. The molecule has 1 aliphatic rings. The first-order chi connectivity index (χ1) is 12.3. The lowest BCUT2D eigenvalue weighted by Crippen LogP contribution is -2.45. The fourth-order valence-corrected chi connectivity index (χ4v) is 3.13. The average molecular weight is 391 g/mol. The molecule has 0 spiro atoms. The Kier molecular flexibility index (Phi) is 5.34. The first-order valence-electron chi connectivity index (χ1n) is 8.20. The van der Waals surface area contributed by atoms with Gasteiger partial charge in [-0.3, -0.25) is 0 Å². The maximum absolute atomic E-state index is 12.6. The Morgan fingerprint density at radius 2 is 1.92 bits per heavy atom. The quantitative estimate of drug-likeness (QED) is 0.598. The van der Waals surface area contributed by atoms with Crippen molar-refractivity contribution in [1.29, 1.82) is 0 Å². The molecule has 0 saturated carbocycles. The van der Waals surface area contributed by atoms with E-state index in [0.717, 1.165) is 5.56 Å². The lowest BCUT2D eigenvalue weighted by atomic mass is 10.0. The van der Waals surface area contributed by atoms with Gasteiger partial charge < -0.3 is 19.8 Å². The number of carbonyl (C=O) groups is 1. The van der Waals surface area contributed by atoms with Gasteiger partial charge in [0, 0.05) is 16.3 Å². The zero-order valence-electron chi connectivity index (χ0n) is 14.6. The van der Waals surface area contributed by atoms with Gasteiger partial charge in [0.25, 0.3) is 0 Å². The van der Waals surface area contributed by atoms with Crippen LogP contribution in [0.15, 0.2) is 52.1 Å². The number of nitrogens with one attached hydrogen (secondary N) is 2. The molecule has 0 amide bonds. The van der Waals surface area contributed by atoms with E-state index < -0.39 is 12.0 Å². The lowest BCUT2D eigenvalue weighted by molar-refractivity contribution is -0.143. The molecule has 5 nitrogen and oxygen atoms in total. The number of hydrogen-bond donors (Lipinski definition) is 2. The summed E-state index contributed by atoms with van der Waals surface area (Å²) in [5, 5.41) is 7.14. The maximum atomic E-state index is 12.6. The van der Waals surface area contributed by atoms with Crippen LogP contribution in [0.1, 0.15) is 32.6 Å². The number of allylic oxidation sites excluding steroid dienone is 1. The average Bonchev–Trinajstić information content (AvgIpc) is 3.03. The second-order valence-corrected chi connectivity index (χ2v) is 7.08. The van der Waals surface area contributed by atoms with Crippen molar-refractivity contribution in [3.63, 3.8) is 0 Å². The van der Waals surface area contributed by atoms with Gasteiger partial charge in [-0.05, 0) is 69.4 Å². The molecule has 2 aromatic rings. The molecule has 0 saturated heterocycles. The predicted molar refractivity (Wildman–Crippen MR) is 105 cm³/mol. The minimum absolute atomic E-state index is 0.224. The zero-order chi connectivity index (χ0) is 18.8. The molecule has 0 unspecified atom stereocenters. The molecule has 1 aromatic carbocycles. The van der Waals surface area contributed by atoms with Gasteiger partial charge in [-0.2, -0.15) is 0 Å². The fourth-order valence-electron chi connectivity index (χ4n) is 2.73. The number of furan rings is 1. The van der Waals surface area contributed by atoms with E-state index in [0.29, 0.717) is 32.9 Å². The molecular formula is C19H19ClN2O3S. The van der Waals surface area contributed by atoms with Crippen LogP contribution in [0.3, 0.4) is 0 Å². The van der Waals surface area contributed by atoms with E-state index in [1.54, 1.807) is 19.1 Å². The standard InChI is InChI=1S/C19H19ClN2O3S/c1-10(2)24-18(23)16-11(3)21-19(26)22-17(16)15-9-8-14(25-15)12-4-6-13(20)7-5-12/h4-10,17H,1-3H3,(H2,21,22,26)/t17-/m0/s1. The van der Waals surface area contributed by atoms with Crippen molar-refractivity contribution < 1.29 is 13.9 Å². The van der Waals surface area contributed by atoms with Crippen LogP contribution in [0.4, 0.5) is 0 Å². The highest BCUT2D eigenvalue weighted by molar-refractivity contribution is 7.80. The van der Waals surface area contributed by atoms with E-state index in [4.69, 9.17) is 33.0 Å². The van der Waals surface area contributed by atoms with Crippen LogP contribution in [0, 0.1) is 0 Å². The summed E-state index contributed by atoms with van der Waals surface area (Å²) in [6.45, 7) is 5.41. The van der Waals surface area contributed by atoms with Crippen LogP contribution >= 0.6 is 23.8 Å². The summed E-state index contributed by atoms with van der Waals surface area (Å²) in [4.78, 5) is 12.6. The summed E-state index contributed by atoms with van der Waals surface area (Å²) in [7, 11) is 0. The Hall–Kier alpha value is -2.31. The number of rotatable bonds is 4. The molecule has 0 bridgehead atoms. The lowest BCUT2D eigenvalue weighted by Gasteiger charge is -2.28. The topological polar surface area (TPSA) is 63.5 Å². The number of halogens is 1. The first kappa shape index (κ1) is 18.5. The summed E-state index contributed by atoms with van der Waals surface area (Å²) in [6, 6.07) is 10.5. The van der Waals surface area contributed by atoms with Crippen LogP contribution in [-0.2, 0) is 9.53 Å². The van der Waals surface area contributed by atoms with E-state index in [1.165, 1.54) is 0 Å². The molecule has 26 heavy (non-hydrogen) atoms. The van der Waals surface area contributed by atoms with E-state index >= 15 is 0 Å². The maximum Gasteiger partial charge on any atom is 0.338 e. The summed E-state index contributed by atoms with van der Waals surface area (Å²) in [5.41, 5.74) is 1.99. The number of ether oxygens (including phenoxy) is 1. The van der Waals surface area contributed by atoms with Gasteiger partial charge in [0.2, 0.25) is 0 Å². The van der Waals surface area contributed by atoms with Crippen LogP contribution in [0.2, 0.25) is 5.02 Å². The Bertz CT molecular complexity index is 871. The minimum atomic E-state index is -0.518. The van der Waals surface area contributed by atoms with E-state index in [2.05, 4.69) is 10.6 Å². The van der Waals surface area contributed by atoms with Crippen LogP contribution in [-0.4, -0.2) is 17.2 Å². The van der Waals surface area contributed by atoms with Crippen molar-refractivity contribution in [3.8, 4) is 11.3 Å². The van der Waals surface area contributed by atoms with Gasteiger partial charge >= 0.3 is 5.97 Å². The summed E-state index contributed by atoms with van der Waals surface area (Å²) in [6.07, 6.45) is -0.224. The van der Waals surface area contributed by atoms with Gasteiger partial charge in [0.15, 0.2) is 5.11 Å². The zero-order valence-corrected chi connectivity index (χ0v) is 16.2. The predicted octanol–water partition coefficient (Wildman–Crippen LogP) is 4.34. The third-order valence-electron chi connectivity index (χ3n) is 3.87. The van der Waals surface area contributed by atoms with Crippen molar-refractivity contribution in [2.75, 3.05) is 0 Å². The van der Waals surface area contributed by atoms with Gasteiger partial charge in [0.05, 0.1) is 11.7 Å². The highest BCUT2D eigenvalue weighted by Crippen LogP contribution is 2.32. The molecule has 2 N–H and O–H groups in total. The van der Waals surface area contributed by atoms with Crippen molar-refractivity contribution in [2.24, 2.45) is 0 Å². The van der Waals surface area contributed by atoms with Gasteiger partial charge in [0.1, 0.15) is 17.6 Å². The molecular weight excluding hydrogens is 372 g/mol. The second kappa shape index (κ2) is 7.51. The molecule has 2 heterocycles.